The Balaban J connectivity index is 1.89. The van der Waals surface area contributed by atoms with Crippen LogP contribution >= 0.6 is 11.6 Å². The zero-order valence-corrected chi connectivity index (χ0v) is 13.9. The molecule has 1 heterocycles. The Morgan fingerprint density at radius 2 is 2.00 bits per heavy atom. The minimum absolute atomic E-state index is 0.0677. The maximum atomic E-state index is 13.4. The van der Waals surface area contributed by atoms with Crippen molar-refractivity contribution < 1.29 is 14.1 Å². The first-order valence-electron chi connectivity index (χ1n) is 7.33. The van der Waals surface area contributed by atoms with E-state index in [9.17, 15) is 14.5 Å². The smallest absolute Gasteiger partial charge is 0.311 e. The van der Waals surface area contributed by atoms with Gasteiger partial charge in [0.05, 0.1) is 16.3 Å². The average Bonchev–Trinajstić information content (AvgIpc) is 2.88. The Kier molecular flexibility index (Phi) is 4.67. The molecule has 0 atom stereocenters. The molecule has 0 N–H and O–H groups in total. The van der Waals surface area contributed by atoms with E-state index in [2.05, 4.69) is 5.10 Å². The van der Waals surface area contributed by atoms with E-state index in [4.69, 9.17) is 16.3 Å². The lowest BCUT2D eigenvalue weighted by molar-refractivity contribution is -0.386. The summed E-state index contributed by atoms with van der Waals surface area (Å²) in [5, 5.41) is 15.7. The van der Waals surface area contributed by atoms with Gasteiger partial charge in [0, 0.05) is 17.7 Å². The van der Waals surface area contributed by atoms with Crippen LogP contribution in [-0.2, 0) is 6.61 Å². The molecule has 3 rings (SSSR count). The highest BCUT2D eigenvalue weighted by atomic mass is 35.5. The van der Waals surface area contributed by atoms with Gasteiger partial charge in [-0.2, -0.15) is 5.10 Å². The van der Waals surface area contributed by atoms with Crippen LogP contribution in [-0.4, -0.2) is 14.7 Å². The standard InChI is InChI=1S/C17H13ClFN3O3/c1-11-14(17(18)21(20-11)13-5-3-2-4-6-13)10-25-16-9-12(19)7-8-15(16)22(23)24/h2-9H,10H2,1H3. The Morgan fingerprint density at radius 3 is 2.68 bits per heavy atom. The van der Waals surface area contributed by atoms with Gasteiger partial charge in [0.1, 0.15) is 17.6 Å². The van der Waals surface area contributed by atoms with E-state index < -0.39 is 10.7 Å². The van der Waals surface area contributed by atoms with Crippen molar-refractivity contribution in [1.29, 1.82) is 0 Å². The van der Waals surface area contributed by atoms with E-state index in [1.54, 1.807) is 11.6 Å². The van der Waals surface area contributed by atoms with E-state index >= 15 is 0 Å². The summed E-state index contributed by atoms with van der Waals surface area (Å²) in [5.74, 6) is -0.781. The normalized spacial score (nSPS) is 10.7. The van der Waals surface area contributed by atoms with Gasteiger partial charge >= 0.3 is 5.69 Å². The van der Waals surface area contributed by atoms with Gasteiger partial charge in [-0.1, -0.05) is 29.8 Å². The molecule has 0 saturated heterocycles. The van der Waals surface area contributed by atoms with Gasteiger partial charge in [-0.05, 0) is 25.1 Å². The van der Waals surface area contributed by atoms with Crippen molar-refractivity contribution in [2.75, 3.05) is 0 Å². The molecule has 0 amide bonds. The number of ether oxygens (including phenoxy) is 1. The van der Waals surface area contributed by atoms with Crippen LogP contribution in [0.5, 0.6) is 5.75 Å². The van der Waals surface area contributed by atoms with Crippen LogP contribution in [0.2, 0.25) is 5.15 Å². The lowest BCUT2D eigenvalue weighted by Crippen LogP contribution is -2.01. The summed E-state index contributed by atoms with van der Waals surface area (Å²) < 4.78 is 20.4. The van der Waals surface area contributed by atoms with E-state index in [0.29, 0.717) is 16.4 Å². The average molecular weight is 362 g/mol. The van der Waals surface area contributed by atoms with Crippen molar-refractivity contribution in [3.63, 3.8) is 0 Å². The van der Waals surface area contributed by atoms with Gasteiger partial charge in [-0.3, -0.25) is 10.1 Å². The molecule has 0 aliphatic heterocycles. The predicted octanol–water partition coefficient (Wildman–Crippen LogP) is 4.46. The monoisotopic (exact) mass is 361 g/mol. The van der Waals surface area contributed by atoms with Crippen molar-refractivity contribution in [3.05, 3.63) is 80.9 Å². The van der Waals surface area contributed by atoms with Crippen LogP contribution in [0.25, 0.3) is 5.69 Å². The van der Waals surface area contributed by atoms with Gasteiger partial charge < -0.3 is 4.74 Å². The number of nitro groups is 1. The zero-order valence-electron chi connectivity index (χ0n) is 13.1. The van der Waals surface area contributed by atoms with E-state index in [1.807, 2.05) is 30.3 Å². The number of aryl methyl sites for hydroxylation is 1. The molecule has 0 aliphatic carbocycles. The highest BCUT2D eigenvalue weighted by Gasteiger charge is 2.19. The SMILES string of the molecule is Cc1nn(-c2ccccc2)c(Cl)c1COc1cc(F)ccc1[N+](=O)[O-]. The van der Waals surface area contributed by atoms with Crippen molar-refractivity contribution in [2.24, 2.45) is 0 Å². The summed E-state index contributed by atoms with van der Waals surface area (Å²) in [6.45, 7) is 1.69. The summed E-state index contributed by atoms with van der Waals surface area (Å²) >= 11 is 6.38. The second kappa shape index (κ2) is 6.90. The molecule has 2 aromatic carbocycles. The third kappa shape index (κ3) is 3.46. The Bertz CT molecular complexity index is 928. The van der Waals surface area contributed by atoms with Crippen LogP contribution in [0.3, 0.4) is 0 Å². The summed E-state index contributed by atoms with van der Waals surface area (Å²) in [4.78, 5) is 10.4. The van der Waals surface area contributed by atoms with Gasteiger partial charge in [0.15, 0.2) is 5.75 Å². The molecule has 0 fully saturated rings. The third-order valence-electron chi connectivity index (χ3n) is 3.61. The minimum Gasteiger partial charge on any atom is -0.482 e. The number of nitro benzene ring substituents is 1. The highest BCUT2D eigenvalue weighted by molar-refractivity contribution is 6.30. The van der Waals surface area contributed by atoms with Gasteiger partial charge in [-0.15, -0.1) is 0 Å². The first kappa shape index (κ1) is 16.9. The quantitative estimate of drug-likeness (QED) is 0.497. The molecule has 25 heavy (non-hydrogen) atoms. The second-order valence-electron chi connectivity index (χ2n) is 5.26. The van der Waals surface area contributed by atoms with E-state index in [0.717, 1.165) is 23.9 Å². The molecule has 3 aromatic rings. The van der Waals surface area contributed by atoms with E-state index in [1.165, 1.54) is 0 Å². The maximum Gasteiger partial charge on any atom is 0.311 e. The van der Waals surface area contributed by atoms with Gasteiger partial charge in [-0.25, -0.2) is 9.07 Å². The lowest BCUT2D eigenvalue weighted by Gasteiger charge is -2.07. The number of benzene rings is 2. The third-order valence-corrected chi connectivity index (χ3v) is 4.00. The topological polar surface area (TPSA) is 70.2 Å². The first-order chi connectivity index (χ1) is 12.0. The number of para-hydroxylation sites is 1. The van der Waals surface area contributed by atoms with Crippen LogP contribution in [0, 0.1) is 22.9 Å². The molecular formula is C17H13ClFN3O3. The molecular weight excluding hydrogens is 349 g/mol. The molecule has 0 radical (unpaired) electrons. The Labute approximate surface area is 147 Å². The van der Waals surface area contributed by atoms with Crippen molar-refractivity contribution in [1.82, 2.24) is 9.78 Å². The number of rotatable bonds is 5. The minimum atomic E-state index is -0.628. The van der Waals surface area contributed by atoms with Crippen molar-refractivity contribution in [2.45, 2.75) is 13.5 Å². The van der Waals surface area contributed by atoms with Crippen molar-refractivity contribution >= 4 is 17.3 Å². The summed E-state index contributed by atoms with van der Waals surface area (Å²) in [7, 11) is 0. The zero-order chi connectivity index (χ0) is 18.0. The molecule has 0 bridgehead atoms. The van der Waals surface area contributed by atoms with Crippen LogP contribution < -0.4 is 4.74 Å². The maximum absolute atomic E-state index is 13.4. The number of hydrogen-bond acceptors (Lipinski definition) is 4. The fourth-order valence-corrected chi connectivity index (χ4v) is 2.67. The first-order valence-corrected chi connectivity index (χ1v) is 7.71. The van der Waals surface area contributed by atoms with Crippen LogP contribution in [0.4, 0.5) is 10.1 Å². The number of nitrogens with zero attached hydrogens (tertiary/aromatic N) is 3. The summed E-state index contributed by atoms with van der Waals surface area (Å²) in [6.07, 6.45) is 0. The number of aromatic nitrogens is 2. The molecule has 0 spiro atoms. The number of hydrogen-bond donors (Lipinski definition) is 0. The van der Waals surface area contributed by atoms with Gasteiger partial charge in [0.2, 0.25) is 0 Å². The molecule has 128 valence electrons. The summed E-state index contributed by atoms with van der Waals surface area (Å²) in [5.41, 5.74) is 1.65. The fourth-order valence-electron chi connectivity index (χ4n) is 2.34. The van der Waals surface area contributed by atoms with E-state index in [-0.39, 0.29) is 18.0 Å². The second-order valence-corrected chi connectivity index (χ2v) is 5.62. The number of halogens is 2. The largest absolute Gasteiger partial charge is 0.482 e. The predicted molar refractivity (Wildman–Crippen MR) is 90.7 cm³/mol. The van der Waals surface area contributed by atoms with Crippen LogP contribution in [0.15, 0.2) is 48.5 Å². The van der Waals surface area contributed by atoms with Gasteiger partial charge in [0.25, 0.3) is 0 Å². The Hall–Kier alpha value is -2.93. The van der Waals surface area contributed by atoms with Crippen LogP contribution in [0.1, 0.15) is 11.3 Å². The molecule has 1 aromatic heterocycles. The molecule has 0 saturated carbocycles. The lowest BCUT2D eigenvalue weighted by atomic mass is 10.2. The highest BCUT2D eigenvalue weighted by Crippen LogP contribution is 2.30. The summed E-state index contributed by atoms with van der Waals surface area (Å²) in [6, 6.07) is 12.3. The molecule has 0 aliphatic rings. The molecule has 8 heteroatoms. The Morgan fingerprint density at radius 1 is 1.28 bits per heavy atom. The molecule has 0 unspecified atom stereocenters. The fraction of sp³-hybridized carbons (Fsp3) is 0.118. The molecule has 6 nitrogen and oxygen atoms in total. The van der Waals surface area contributed by atoms with Crippen molar-refractivity contribution in [3.8, 4) is 11.4 Å².